The number of nitrogens with zero attached hydrogens (tertiary/aromatic N) is 1. The zero-order chi connectivity index (χ0) is 15.3. The van der Waals surface area contributed by atoms with Crippen molar-refractivity contribution < 1.29 is 4.79 Å². The molecular formula is C14H30N4O. The summed E-state index contributed by atoms with van der Waals surface area (Å²) in [7, 11) is 3.49. The molecule has 0 aromatic rings. The summed E-state index contributed by atoms with van der Waals surface area (Å²) in [5, 5.41) is 6.28. The molecule has 0 fully saturated rings. The average Bonchev–Trinajstić information content (AvgIpc) is 2.23. The Labute approximate surface area is 117 Å². The molecule has 0 spiro atoms. The second kappa shape index (κ2) is 6.89. The van der Waals surface area contributed by atoms with E-state index in [1.54, 1.807) is 14.0 Å². The fraction of sp³-hybridized carbons (Fsp3) is 0.857. The zero-order valence-electron chi connectivity index (χ0n) is 13.4. The van der Waals surface area contributed by atoms with Crippen molar-refractivity contribution in [2.45, 2.75) is 59.0 Å². The molecule has 0 aromatic carbocycles. The maximum atomic E-state index is 11.5. The van der Waals surface area contributed by atoms with Gasteiger partial charge < -0.3 is 16.4 Å². The lowest BCUT2D eigenvalue weighted by atomic mass is 9.75. The van der Waals surface area contributed by atoms with Gasteiger partial charge in [0.1, 0.15) is 5.78 Å². The number of likely N-dealkylation sites (N-methyl/N-ethyl adjacent to an activating group) is 1. The Kier molecular flexibility index (Phi) is 6.49. The Morgan fingerprint density at radius 2 is 1.84 bits per heavy atom. The van der Waals surface area contributed by atoms with Crippen LogP contribution in [0.25, 0.3) is 0 Å². The van der Waals surface area contributed by atoms with E-state index in [0.29, 0.717) is 5.96 Å². The first kappa shape index (κ1) is 17.9. The minimum atomic E-state index is -0.165. The van der Waals surface area contributed by atoms with E-state index in [2.05, 4.69) is 43.3 Å². The molecule has 0 aliphatic heterocycles. The molecule has 19 heavy (non-hydrogen) atoms. The van der Waals surface area contributed by atoms with Gasteiger partial charge in [0, 0.05) is 12.6 Å². The second-order valence-corrected chi connectivity index (χ2v) is 6.61. The normalized spacial score (nSPS) is 15.2. The van der Waals surface area contributed by atoms with Crippen LogP contribution in [-0.2, 0) is 4.79 Å². The molecule has 0 aliphatic rings. The number of hydrogen-bond acceptors (Lipinski definition) is 3. The van der Waals surface area contributed by atoms with Crippen molar-refractivity contribution in [3.63, 3.8) is 0 Å². The molecule has 0 aromatic heterocycles. The first-order valence-corrected chi connectivity index (χ1v) is 6.71. The summed E-state index contributed by atoms with van der Waals surface area (Å²) in [5.74, 6) is 0.619. The number of rotatable bonds is 7. The molecule has 0 rings (SSSR count). The summed E-state index contributed by atoms with van der Waals surface area (Å²) in [4.78, 5) is 15.5. The molecule has 5 nitrogen and oxygen atoms in total. The first-order chi connectivity index (χ1) is 8.53. The van der Waals surface area contributed by atoms with Crippen molar-refractivity contribution in [1.82, 2.24) is 10.6 Å². The lowest BCUT2D eigenvalue weighted by Gasteiger charge is -2.37. The number of aliphatic imine (C=N–C) groups is 1. The maximum Gasteiger partial charge on any atom is 0.188 e. The van der Waals surface area contributed by atoms with Crippen LogP contribution >= 0.6 is 0 Å². The quantitative estimate of drug-likeness (QED) is 0.481. The Morgan fingerprint density at radius 3 is 2.21 bits per heavy atom. The van der Waals surface area contributed by atoms with Crippen molar-refractivity contribution in [2.24, 2.45) is 16.1 Å². The minimum absolute atomic E-state index is 0.0177. The summed E-state index contributed by atoms with van der Waals surface area (Å²) < 4.78 is 0. The van der Waals surface area contributed by atoms with Crippen LogP contribution < -0.4 is 16.4 Å². The number of Topliss-reactive ketones (excluding diaryl/α,β-unsaturated/α-hetero) is 1. The Morgan fingerprint density at radius 1 is 1.32 bits per heavy atom. The molecule has 4 N–H and O–H groups in total. The van der Waals surface area contributed by atoms with Crippen LogP contribution in [-0.4, -0.2) is 37.4 Å². The third kappa shape index (κ3) is 7.15. The van der Waals surface area contributed by atoms with Crippen molar-refractivity contribution in [1.29, 1.82) is 0 Å². The van der Waals surface area contributed by atoms with E-state index in [9.17, 15) is 4.79 Å². The number of carbonyl (C=O) groups excluding carboxylic acids is 1. The van der Waals surface area contributed by atoms with Crippen LogP contribution in [0.15, 0.2) is 4.99 Å². The van der Waals surface area contributed by atoms with E-state index in [1.165, 1.54) is 0 Å². The molecular weight excluding hydrogens is 240 g/mol. The number of nitrogens with one attached hydrogen (secondary N) is 2. The van der Waals surface area contributed by atoms with Gasteiger partial charge in [0.2, 0.25) is 0 Å². The fourth-order valence-electron chi connectivity index (χ4n) is 2.72. The summed E-state index contributed by atoms with van der Waals surface area (Å²) in [6.07, 6.45) is 1.69. The highest BCUT2D eigenvalue weighted by molar-refractivity contribution is 5.81. The summed E-state index contributed by atoms with van der Waals surface area (Å²) in [6, 6.07) is -0.0945. The molecule has 0 aliphatic carbocycles. The maximum absolute atomic E-state index is 11.5. The Bertz CT molecular complexity index is 334. The minimum Gasteiger partial charge on any atom is -0.370 e. The van der Waals surface area contributed by atoms with Gasteiger partial charge >= 0.3 is 0 Å². The molecule has 0 saturated heterocycles. The highest BCUT2D eigenvalue weighted by Crippen LogP contribution is 2.32. The van der Waals surface area contributed by atoms with Crippen LogP contribution in [0.4, 0.5) is 0 Å². The number of hydrogen-bond donors (Lipinski definition) is 3. The van der Waals surface area contributed by atoms with Crippen molar-refractivity contribution >= 4 is 11.7 Å². The number of carbonyl (C=O) groups is 1. The zero-order valence-corrected chi connectivity index (χ0v) is 13.4. The average molecular weight is 270 g/mol. The largest absolute Gasteiger partial charge is 0.370 e. The highest BCUT2D eigenvalue weighted by Gasteiger charge is 2.32. The standard InChI is InChI=1S/C14H30N4O/c1-10(19)11(16-6)8-13(2,3)9-14(4,5)18-12(15)17-7/h11,16H,8-9H2,1-7H3,(H3,15,17,18). The Hall–Kier alpha value is -1.10. The summed E-state index contributed by atoms with van der Waals surface area (Å²) in [6.45, 7) is 10.2. The molecule has 0 amide bonds. The summed E-state index contributed by atoms with van der Waals surface area (Å²) in [5.41, 5.74) is 5.58. The van der Waals surface area contributed by atoms with Gasteiger partial charge in [-0.15, -0.1) is 0 Å². The van der Waals surface area contributed by atoms with Gasteiger partial charge in [-0.05, 0) is 46.1 Å². The van der Waals surface area contributed by atoms with Crippen LogP contribution in [0, 0.1) is 5.41 Å². The van der Waals surface area contributed by atoms with Gasteiger partial charge in [-0.3, -0.25) is 9.79 Å². The molecule has 112 valence electrons. The molecule has 0 heterocycles. The molecule has 0 saturated carbocycles. The van der Waals surface area contributed by atoms with E-state index < -0.39 is 0 Å². The van der Waals surface area contributed by atoms with E-state index in [-0.39, 0.29) is 22.8 Å². The van der Waals surface area contributed by atoms with Gasteiger partial charge in [-0.25, -0.2) is 0 Å². The number of ketones is 1. The lowest BCUT2D eigenvalue weighted by Crippen LogP contribution is -2.50. The van der Waals surface area contributed by atoms with E-state index in [4.69, 9.17) is 5.73 Å². The van der Waals surface area contributed by atoms with Crippen molar-refractivity contribution in [2.75, 3.05) is 14.1 Å². The third-order valence-corrected chi connectivity index (χ3v) is 3.22. The SMILES string of the molecule is CN=C(N)NC(C)(C)CC(C)(C)CC(NC)C(C)=O. The Balaban J connectivity index is 4.70. The first-order valence-electron chi connectivity index (χ1n) is 6.71. The van der Waals surface area contributed by atoms with E-state index in [0.717, 1.165) is 12.8 Å². The topological polar surface area (TPSA) is 79.5 Å². The fourth-order valence-corrected chi connectivity index (χ4v) is 2.72. The van der Waals surface area contributed by atoms with Gasteiger partial charge in [0.05, 0.1) is 6.04 Å². The predicted molar refractivity (Wildman–Crippen MR) is 81.3 cm³/mol. The van der Waals surface area contributed by atoms with Gasteiger partial charge in [0.15, 0.2) is 5.96 Å². The predicted octanol–water partition coefficient (Wildman–Crippen LogP) is 1.28. The van der Waals surface area contributed by atoms with Gasteiger partial charge in [0.25, 0.3) is 0 Å². The number of nitrogens with two attached hydrogens (primary N) is 1. The molecule has 1 atom stereocenters. The van der Waals surface area contributed by atoms with Crippen LogP contribution in [0.2, 0.25) is 0 Å². The number of guanidine groups is 1. The molecule has 1 unspecified atom stereocenters. The summed E-state index contributed by atoms with van der Waals surface area (Å²) >= 11 is 0. The van der Waals surface area contributed by atoms with E-state index in [1.807, 2.05) is 7.05 Å². The van der Waals surface area contributed by atoms with Crippen LogP contribution in [0.1, 0.15) is 47.5 Å². The smallest absolute Gasteiger partial charge is 0.188 e. The second-order valence-electron chi connectivity index (χ2n) is 6.61. The van der Waals surface area contributed by atoms with Crippen LogP contribution in [0.3, 0.4) is 0 Å². The molecule has 0 radical (unpaired) electrons. The van der Waals surface area contributed by atoms with E-state index >= 15 is 0 Å². The lowest BCUT2D eigenvalue weighted by molar-refractivity contribution is -0.119. The van der Waals surface area contributed by atoms with Crippen molar-refractivity contribution in [3.05, 3.63) is 0 Å². The monoisotopic (exact) mass is 270 g/mol. The van der Waals surface area contributed by atoms with Gasteiger partial charge in [-0.1, -0.05) is 13.8 Å². The van der Waals surface area contributed by atoms with Crippen molar-refractivity contribution in [3.8, 4) is 0 Å². The van der Waals surface area contributed by atoms with Gasteiger partial charge in [-0.2, -0.15) is 0 Å². The molecule has 0 bridgehead atoms. The third-order valence-electron chi connectivity index (χ3n) is 3.22. The molecule has 5 heteroatoms. The highest BCUT2D eigenvalue weighted by atomic mass is 16.1. The van der Waals surface area contributed by atoms with Crippen LogP contribution in [0.5, 0.6) is 0 Å².